The molecule has 0 spiro atoms. The summed E-state index contributed by atoms with van der Waals surface area (Å²) in [7, 11) is 0. The highest BCUT2D eigenvalue weighted by molar-refractivity contribution is 5.55. The molecule has 0 aliphatic carbocycles. The molecule has 27 heavy (non-hydrogen) atoms. The van der Waals surface area contributed by atoms with Gasteiger partial charge in [0, 0.05) is 49.3 Å². The van der Waals surface area contributed by atoms with Crippen molar-refractivity contribution >= 4 is 0 Å². The Balaban J connectivity index is 1.28. The smallest absolute Gasteiger partial charge is 0.220 e. The number of fused-ring (bicyclic) bond motifs is 2. The molecular formula is C21H23N5O. The SMILES string of the molecule is Cc1nc(C)c2c(n1)OC(CN1CCc3nc(-c4ccccc4)[nH]c3C1)C2. The van der Waals surface area contributed by atoms with Crippen molar-refractivity contribution in [1.29, 1.82) is 0 Å². The molecule has 1 unspecified atom stereocenters. The summed E-state index contributed by atoms with van der Waals surface area (Å²) in [6.07, 6.45) is 2.01. The molecule has 4 heterocycles. The van der Waals surface area contributed by atoms with Gasteiger partial charge in [-0.15, -0.1) is 0 Å². The number of nitrogens with one attached hydrogen (secondary N) is 1. The average molecular weight is 361 g/mol. The minimum Gasteiger partial charge on any atom is -0.472 e. The summed E-state index contributed by atoms with van der Waals surface area (Å²) in [4.78, 5) is 19.7. The highest BCUT2D eigenvalue weighted by atomic mass is 16.5. The number of aromatic amines is 1. The second-order valence-electron chi connectivity index (χ2n) is 7.45. The van der Waals surface area contributed by atoms with Crippen LogP contribution in [0, 0.1) is 13.8 Å². The first kappa shape index (κ1) is 16.4. The third-order valence-electron chi connectivity index (χ3n) is 5.42. The number of imidazole rings is 1. The molecule has 0 fully saturated rings. The molecule has 0 saturated carbocycles. The third kappa shape index (κ3) is 3.10. The van der Waals surface area contributed by atoms with E-state index < -0.39 is 0 Å². The van der Waals surface area contributed by atoms with Crippen molar-refractivity contribution in [1.82, 2.24) is 24.8 Å². The Hall–Kier alpha value is -2.73. The third-order valence-corrected chi connectivity index (χ3v) is 5.42. The summed E-state index contributed by atoms with van der Waals surface area (Å²) in [6, 6.07) is 10.3. The van der Waals surface area contributed by atoms with Crippen LogP contribution >= 0.6 is 0 Å². The molecule has 2 aliphatic rings. The van der Waals surface area contributed by atoms with E-state index in [1.807, 2.05) is 32.0 Å². The minimum absolute atomic E-state index is 0.146. The summed E-state index contributed by atoms with van der Waals surface area (Å²) in [6.45, 7) is 6.75. The lowest BCUT2D eigenvalue weighted by molar-refractivity contribution is 0.136. The first-order valence-electron chi connectivity index (χ1n) is 9.52. The highest BCUT2D eigenvalue weighted by Gasteiger charge is 2.30. The first-order chi connectivity index (χ1) is 13.2. The Morgan fingerprint density at radius 2 is 2.00 bits per heavy atom. The van der Waals surface area contributed by atoms with Crippen LogP contribution in [0.25, 0.3) is 11.4 Å². The molecule has 1 aromatic carbocycles. The maximum absolute atomic E-state index is 6.12. The molecule has 0 amide bonds. The summed E-state index contributed by atoms with van der Waals surface area (Å²) in [5.74, 6) is 2.52. The van der Waals surface area contributed by atoms with Crippen LogP contribution in [0.15, 0.2) is 30.3 Å². The topological polar surface area (TPSA) is 66.9 Å². The van der Waals surface area contributed by atoms with Crippen molar-refractivity contribution in [2.75, 3.05) is 13.1 Å². The molecule has 3 aromatic rings. The van der Waals surface area contributed by atoms with Crippen LogP contribution in [-0.2, 0) is 19.4 Å². The van der Waals surface area contributed by atoms with Crippen LogP contribution < -0.4 is 4.74 Å². The van der Waals surface area contributed by atoms with E-state index in [9.17, 15) is 0 Å². The van der Waals surface area contributed by atoms with Crippen LogP contribution in [0.3, 0.4) is 0 Å². The fourth-order valence-electron chi connectivity index (χ4n) is 4.09. The van der Waals surface area contributed by atoms with Gasteiger partial charge in [-0.1, -0.05) is 30.3 Å². The number of benzene rings is 1. The van der Waals surface area contributed by atoms with Gasteiger partial charge in [-0.2, -0.15) is 4.98 Å². The van der Waals surface area contributed by atoms with Crippen LogP contribution in [0.1, 0.15) is 28.5 Å². The Morgan fingerprint density at radius 3 is 2.85 bits per heavy atom. The van der Waals surface area contributed by atoms with E-state index in [1.54, 1.807) is 0 Å². The molecule has 1 N–H and O–H groups in total. The number of aromatic nitrogens is 4. The molecular weight excluding hydrogens is 338 g/mol. The quantitative estimate of drug-likeness (QED) is 0.777. The molecule has 0 bridgehead atoms. The summed E-state index contributed by atoms with van der Waals surface area (Å²) >= 11 is 0. The van der Waals surface area contributed by atoms with Crippen molar-refractivity contribution in [2.24, 2.45) is 0 Å². The Kier molecular flexibility index (Phi) is 3.93. The Morgan fingerprint density at radius 1 is 1.15 bits per heavy atom. The van der Waals surface area contributed by atoms with Crippen molar-refractivity contribution < 1.29 is 4.74 Å². The number of ether oxygens (including phenoxy) is 1. The van der Waals surface area contributed by atoms with Gasteiger partial charge in [-0.25, -0.2) is 9.97 Å². The summed E-state index contributed by atoms with van der Waals surface area (Å²) in [5.41, 5.74) is 5.76. The Bertz CT molecular complexity index is 982. The van der Waals surface area contributed by atoms with Gasteiger partial charge in [0.2, 0.25) is 5.88 Å². The predicted molar refractivity (Wildman–Crippen MR) is 103 cm³/mol. The van der Waals surface area contributed by atoms with E-state index in [0.29, 0.717) is 0 Å². The van der Waals surface area contributed by atoms with Gasteiger partial charge in [0.25, 0.3) is 0 Å². The number of rotatable bonds is 3. The molecule has 2 aromatic heterocycles. The van der Waals surface area contributed by atoms with E-state index in [1.165, 1.54) is 11.4 Å². The normalized spacial score (nSPS) is 18.8. The number of nitrogens with zero attached hydrogens (tertiary/aromatic N) is 4. The molecule has 6 nitrogen and oxygen atoms in total. The molecule has 0 saturated heterocycles. The van der Waals surface area contributed by atoms with Crippen molar-refractivity contribution in [3.63, 3.8) is 0 Å². The highest BCUT2D eigenvalue weighted by Crippen LogP contribution is 2.30. The number of aryl methyl sites for hydroxylation is 2. The molecule has 6 heteroatoms. The molecule has 1 atom stereocenters. The van der Waals surface area contributed by atoms with Gasteiger partial charge in [-0.3, -0.25) is 4.90 Å². The van der Waals surface area contributed by atoms with Crippen molar-refractivity contribution in [2.45, 2.75) is 39.3 Å². The monoisotopic (exact) mass is 361 g/mol. The van der Waals surface area contributed by atoms with Crippen LogP contribution in [-0.4, -0.2) is 44.0 Å². The molecule has 0 radical (unpaired) electrons. The summed E-state index contributed by atoms with van der Waals surface area (Å²) in [5, 5.41) is 0. The van der Waals surface area contributed by atoms with Gasteiger partial charge in [0.1, 0.15) is 17.8 Å². The van der Waals surface area contributed by atoms with Crippen molar-refractivity contribution in [3.05, 3.63) is 58.8 Å². The average Bonchev–Trinajstić information content (AvgIpc) is 3.26. The second-order valence-corrected chi connectivity index (χ2v) is 7.45. The van der Waals surface area contributed by atoms with Crippen LogP contribution in [0.4, 0.5) is 0 Å². The minimum atomic E-state index is 0.146. The van der Waals surface area contributed by atoms with E-state index in [4.69, 9.17) is 9.72 Å². The van der Waals surface area contributed by atoms with Crippen molar-refractivity contribution in [3.8, 4) is 17.3 Å². The van der Waals surface area contributed by atoms with Crippen LogP contribution in [0.2, 0.25) is 0 Å². The largest absolute Gasteiger partial charge is 0.472 e. The van der Waals surface area contributed by atoms with E-state index in [-0.39, 0.29) is 6.10 Å². The zero-order valence-corrected chi connectivity index (χ0v) is 15.7. The number of hydrogen-bond acceptors (Lipinski definition) is 5. The van der Waals surface area contributed by atoms with E-state index in [2.05, 4.69) is 32.0 Å². The summed E-state index contributed by atoms with van der Waals surface area (Å²) < 4.78 is 6.12. The molecule has 138 valence electrons. The van der Waals surface area contributed by atoms with Crippen LogP contribution in [0.5, 0.6) is 5.88 Å². The maximum atomic E-state index is 6.12. The first-order valence-corrected chi connectivity index (χ1v) is 9.52. The fourth-order valence-corrected chi connectivity index (χ4v) is 4.09. The Labute approximate surface area is 158 Å². The number of H-pyrrole nitrogens is 1. The van der Waals surface area contributed by atoms with Gasteiger partial charge < -0.3 is 9.72 Å². The standard InChI is InChI=1S/C21H23N5O/c1-13-17-10-16(27-21(17)23-14(2)22-13)11-26-9-8-18-19(12-26)25-20(24-18)15-6-4-3-5-7-15/h3-7,16H,8-12H2,1-2H3,(H,24,25). The maximum Gasteiger partial charge on any atom is 0.220 e. The lowest BCUT2D eigenvalue weighted by Gasteiger charge is -2.28. The predicted octanol–water partition coefficient (Wildman–Crippen LogP) is 2.85. The molecule has 2 aliphatic heterocycles. The fraction of sp³-hybridized carbons (Fsp3) is 0.381. The zero-order chi connectivity index (χ0) is 18.4. The molecule has 5 rings (SSSR count). The number of hydrogen-bond donors (Lipinski definition) is 1. The lowest BCUT2D eigenvalue weighted by Crippen LogP contribution is -2.38. The lowest BCUT2D eigenvalue weighted by atomic mass is 10.1. The van der Waals surface area contributed by atoms with E-state index in [0.717, 1.165) is 66.8 Å². The van der Waals surface area contributed by atoms with E-state index >= 15 is 0 Å². The second kappa shape index (κ2) is 6.46. The zero-order valence-electron chi connectivity index (χ0n) is 15.7. The van der Waals surface area contributed by atoms with Gasteiger partial charge in [0.05, 0.1) is 11.4 Å². The van der Waals surface area contributed by atoms with Gasteiger partial charge in [0.15, 0.2) is 0 Å². The van der Waals surface area contributed by atoms with Gasteiger partial charge in [-0.05, 0) is 13.8 Å². The van der Waals surface area contributed by atoms with Gasteiger partial charge >= 0.3 is 0 Å².